The van der Waals surface area contributed by atoms with E-state index in [1.54, 1.807) is 12.1 Å². The van der Waals surface area contributed by atoms with Gasteiger partial charge in [0, 0.05) is 18.2 Å². The molecule has 1 aromatic heterocycles. The molecule has 0 unspecified atom stereocenters. The highest BCUT2D eigenvalue weighted by atomic mass is 35.5. The van der Waals surface area contributed by atoms with Crippen LogP contribution >= 0.6 is 12.4 Å². The Labute approximate surface area is 127 Å². The summed E-state index contributed by atoms with van der Waals surface area (Å²) in [6, 6.07) is 5.86. The number of aromatic amines is 1. The van der Waals surface area contributed by atoms with Gasteiger partial charge < -0.3 is 15.0 Å². The summed E-state index contributed by atoms with van der Waals surface area (Å²) < 4.78 is 18.4. The minimum atomic E-state index is -0.362. The smallest absolute Gasteiger partial charge is 0.254 e. The van der Waals surface area contributed by atoms with Crippen LogP contribution in [0.4, 0.5) is 4.39 Å². The van der Waals surface area contributed by atoms with Crippen LogP contribution in [0.3, 0.4) is 0 Å². The van der Waals surface area contributed by atoms with Crippen LogP contribution in [0, 0.1) is 5.82 Å². The lowest BCUT2D eigenvalue weighted by Gasteiger charge is -2.16. The van der Waals surface area contributed by atoms with Crippen LogP contribution in [0.1, 0.15) is 17.1 Å². The van der Waals surface area contributed by atoms with Crippen molar-refractivity contribution in [2.45, 2.75) is 19.6 Å². The lowest BCUT2D eigenvalue weighted by molar-refractivity contribution is 0.293. The number of hydrogen-bond donors (Lipinski definition) is 2. The van der Waals surface area contributed by atoms with Crippen molar-refractivity contribution in [2.24, 2.45) is 0 Å². The molecular weight excluding hydrogens is 297 g/mol. The van der Waals surface area contributed by atoms with Crippen molar-refractivity contribution in [1.29, 1.82) is 0 Å². The zero-order valence-electron chi connectivity index (χ0n) is 11.2. The van der Waals surface area contributed by atoms with E-state index in [0.717, 1.165) is 17.8 Å². The molecule has 0 radical (unpaired) electrons. The minimum Gasteiger partial charge on any atom is -0.486 e. The number of aromatic nitrogens is 2. The lowest BCUT2D eigenvalue weighted by atomic mass is 10.1. The number of nitrogens with one attached hydrogen (secondary N) is 2. The van der Waals surface area contributed by atoms with Gasteiger partial charge in [0.2, 0.25) is 0 Å². The van der Waals surface area contributed by atoms with E-state index in [1.165, 1.54) is 12.1 Å². The van der Waals surface area contributed by atoms with Crippen LogP contribution < -0.4 is 15.6 Å². The molecule has 0 bridgehead atoms. The van der Waals surface area contributed by atoms with Crippen LogP contribution in [-0.4, -0.2) is 16.5 Å². The molecule has 5 nitrogen and oxygen atoms in total. The van der Waals surface area contributed by atoms with E-state index in [-0.39, 0.29) is 30.4 Å². The molecule has 0 amide bonds. The van der Waals surface area contributed by atoms with Gasteiger partial charge in [0.1, 0.15) is 24.0 Å². The second kappa shape index (κ2) is 6.69. The van der Waals surface area contributed by atoms with Crippen molar-refractivity contribution in [3.8, 4) is 5.75 Å². The molecular formula is C14H15ClFN3O2. The third kappa shape index (κ3) is 3.59. The maximum atomic E-state index is 13.0. The van der Waals surface area contributed by atoms with E-state index in [9.17, 15) is 9.18 Å². The fourth-order valence-electron chi connectivity index (χ4n) is 2.20. The Bertz CT molecular complexity index is 690. The first-order chi connectivity index (χ1) is 9.72. The van der Waals surface area contributed by atoms with Crippen LogP contribution in [0.5, 0.6) is 5.75 Å². The number of ether oxygens (including phenoxy) is 1. The Morgan fingerprint density at radius 2 is 2.24 bits per heavy atom. The van der Waals surface area contributed by atoms with E-state index < -0.39 is 0 Å². The molecule has 0 saturated heterocycles. The highest BCUT2D eigenvalue weighted by molar-refractivity contribution is 5.85. The number of hydrogen-bond acceptors (Lipinski definition) is 4. The van der Waals surface area contributed by atoms with E-state index in [4.69, 9.17) is 4.74 Å². The average Bonchev–Trinajstić information content (AvgIpc) is 2.45. The number of halogens is 2. The fourth-order valence-corrected chi connectivity index (χ4v) is 2.20. The molecule has 0 spiro atoms. The Kier molecular flexibility index (Phi) is 4.93. The maximum absolute atomic E-state index is 13.0. The van der Waals surface area contributed by atoms with Gasteiger partial charge in [-0.1, -0.05) is 6.07 Å². The fraction of sp³-hybridized carbons (Fsp3) is 0.286. The molecule has 2 aromatic rings. The molecule has 0 atom stereocenters. The molecule has 0 fully saturated rings. The SMILES string of the molecule is Cl.O=c1[nH]c(COc2cccc(F)c2)nc2c1CCNC2. The predicted molar refractivity (Wildman–Crippen MR) is 78.2 cm³/mol. The zero-order chi connectivity index (χ0) is 13.9. The number of rotatable bonds is 3. The van der Waals surface area contributed by atoms with Gasteiger partial charge in [-0.15, -0.1) is 12.4 Å². The monoisotopic (exact) mass is 311 g/mol. The van der Waals surface area contributed by atoms with Gasteiger partial charge >= 0.3 is 0 Å². The van der Waals surface area contributed by atoms with E-state index in [1.807, 2.05) is 0 Å². The second-order valence-corrected chi connectivity index (χ2v) is 4.61. The number of nitrogens with zero attached hydrogens (tertiary/aromatic N) is 1. The second-order valence-electron chi connectivity index (χ2n) is 4.61. The van der Waals surface area contributed by atoms with Crippen molar-refractivity contribution in [3.05, 3.63) is 57.5 Å². The maximum Gasteiger partial charge on any atom is 0.254 e. The quantitative estimate of drug-likeness (QED) is 0.902. The zero-order valence-corrected chi connectivity index (χ0v) is 12.0. The summed E-state index contributed by atoms with van der Waals surface area (Å²) in [4.78, 5) is 19.0. The molecule has 7 heteroatoms. The normalized spacial score (nSPS) is 13.2. The van der Waals surface area contributed by atoms with E-state index in [2.05, 4.69) is 15.3 Å². The first-order valence-corrected chi connectivity index (χ1v) is 6.42. The van der Waals surface area contributed by atoms with Crippen molar-refractivity contribution in [1.82, 2.24) is 15.3 Å². The van der Waals surface area contributed by atoms with Crippen LogP contribution in [0.2, 0.25) is 0 Å². The number of fused-ring (bicyclic) bond motifs is 1. The molecule has 1 aliphatic rings. The summed E-state index contributed by atoms with van der Waals surface area (Å²) in [6.45, 7) is 1.48. The molecule has 1 aliphatic heterocycles. The van der Waals surface area contributed by atoms with Crippen molar-refractivity contribution < 1.29 is 9.13 Å². The Morgan fingerprint density at radius 1 is 1.38 bits per heavy atom. The molecule has 2 heterocycles. The topological polar surface area (TPSA) is 67.0 Å². The number of benzene rings is 1. The van der Waals surface area contributed by atoms with Crippen molar-refractivity contribution in [3.63, 3.8) is 0 Å². The van der Waals surface area contributed by atoms with Gasteiger partial charge in [-0.25, -0.2) is 9.37 Å². The largest absolute Gasteiger partial charge is 0.486 e. The summed E-state index contributed by atoms with van der Waals surface area (Å²) in [5.41, 5.74) is 1.38. The Balaban J connectivity index is 0.00000161. The predicted octanol–water partition coefficient (Wildman–Crippen LogP) is 1.56. The molecule has 0 saturated carbocycles. The van der Waals surface area contributed by atoms with Gasteiger partial charge in [-0.3, -0.25) is 4.79 Å². The molecule has 0 aliphatic carbocycles. The summed E-state index contributed by atoms with van der Waals surface area (Å²) in [7, 11) is 0. The molecule has 3 rings (SSSR count). The highest BCUT2D eigenvalue weighted by Crippen LogP contribution is 2.13. The first-order valence-electron chi connectivity index (χ1n) is 6.42. The third-order valence-corrected chi connectivity index (χ3v) is 3.17. The summed E-state index contributed by atoms with van der Waals surface area (Å²) in [5, 5.41) is 3.17. The first kappa shape index (κ1) is 15.5. The number of H-pyrrole nitrogens is 1. The van der Waals surface area contributed by atoms with Gasteiger partial charge in [-0.2, -0.15) is 0 Å². The Hall–Kier alpha value is -1.92. The summed E-state index contributed by atoms with van der Waals surface area (Å²) in [6.07, 6.45) is 0.683. The molecule has 21 heavy (non-hydrogen) atoms. The van der Waals surface area contributed by atoms with Crippen LogP contribution in [0.25, 0.3) is 0 Å². The molecule has 1 aromatic carbocycles. The third-order valence-electron chi connectivity index (χ3n) is 3.17. The van der Waals surface area contributed by atoms with Crippen molar-refractivity contribution >= 4 is 12.4 Å². The van der Waals surface area contributed by atoms with E-state index in [0.29, 0.717) is 24.5 Å². The molecule has 2 N–H and O–H groups in total. The van der Waals surface area contributed by atoms with E-state index >= 15 is 0 Å². The van der Waals surface area contributed by atoms with Crippen LogP contribution in [-0.2, 0) is 19.6 Å². The van der Waals surface area contributed by atoms with Gasteiger partial charge in [0.25, 0.3) is 5.56 Å². The van der Waals surface area contributed by atoms with Crippen LogP contribution in [0.15, 0.2) is 29.1 Å². The van der Waals surface area contributed by atoms with Crippen molar-refractivity contribution in [2.75, 3.05) is 6.54 Å². The minimum absolute atomic E-state index is 0. The lowest BCUT2D eigenvalue weighted by Crippen LogP contribution is -2.32. The molecule has 112 valence electrons. The average molecular weight is 312 g/mol. The summed E-state index contributed by atoms with van der Waals surface area (Å²) in [5.74, 6) is 0.490. The standard InChI is InChI=1S/C14H14FN3O2.ClH/c15-9-2-1-3-10(6-9)20-8-13-17-12-7-16-5-4-11(12)14(19)18-13;/h1-3,6,16H,4-5,7-8H2,(H,17,18,19);1H. The Morgan fingerprint density at radius 3 is 3.05 bits per heavy atom. The highest BCUT2D eigenvalue weighted by Gasteiger charge is 2.15. The van der Waals surface area contributed by atoms with Gasteiger partial charge in [-0.05, 0) is 25.1 Å². The summed E-state index contributed by atoms with van der Waals surface area (Å²) >= 11 is 0. The van der Waals surface area contributed by atoms with Gasteiger partial charge in [0.15, 0.2) is 0 Å². The van der Waals surface area contributed by atoms with Gasteiger partial charge in [0.05, 0.1) is 5.69 Å².